The second-order valence-corrected chi connectivity index (χ2v) is 7.99. The van der Waals surface area contributed by atoms with Crippen molar-refractivity contribution in [3.63, 3.8) is 0 Å². The van der Waals surface area contributed by atoms with Crippen molar-refractivity contribution in [1.82, 2.24) is 24.9 Å². The number of halogens is 5. The molecule has 8 nitrogen and oxygen atoms in total. The van der Waals surface area contributed by atoms with Crippen molar-refractivity contribution in [2.45, 2.75) is 24.6 Å². The van der Waals surface area contributed by atoms with Gasteiger partial charge in [0.1, 0.15) is 5.54 Å². The van der Waals surface area contributed by atoms with Crippen molar-refractivity contribution in [3.8, 4) is 28.9 Å². The van der Waals surface area contributed by atoms with Gasteiger partial charge in [-0.05, 0) is 30.5 Å². The third-order valence-corrected chi connectivity index (χ3v) is 5.59. The zero-order valence-corrected chi connectivity index (χ0v) is 18.2. The maximum Gasteiger partial charge on any atom is 0.425 e. The standard InChI is InChI=1S/C19H13ClF4N6O2S/c1-29-17(14(19(21,22)23)16(28-29)32-33-24)30-8-11(7-26-30)10-2-3-13(20)12(6-10)15(31)27-18(9-25)4-5-18/h2-3,6-8H,4-5H2,1H3,(H,27,31). The molecule has 0 radical (unpaired) electrons. The van der Waals surface area contributed by atoms with Gasteiger partial charge in [-0.25, -0.2) is 9.36 Å². The second kappa shape index (κ2) is 8.27. The highest BCUT2D eigenvalue weighted by molar-refractivity contribution is 7.89. The Morgan fingerprint density at radius 3 is 2.70 bits per heavy atom. The minimum Gasteiger partial charge on any atom is -0.374 e. The summed E-state index contributed by atoms with van der Waals surface area (Å²) in [5.74, 6) is -1.97. The lowest BCUT2D eigenvalue weighted by Gasteiger charge is -2.11. The number of hydrogen-bond donors (Lipinski definition) is 1. The van der Waals surface area contributed by atoms with Crippen LogP contribution in [-0.2, 0) is 13.2 Å². The third-order valence-electron chi connectivity index (χ3n) is 5.04. The molecule has 1 fully saturated rings. The first-order chi connectivity index (χ1) is 15.6. The van der Waals surface area contributed by atoms with Crippen LogP contribution in [-0.4, -0.2) is 31.0 Å². The zero-order chi connectivity index (χ0) is 24.0. The molecule has 172 valence electrons. The number of nitriles is 1. The smallest absolute Gasteiger partial charge is 0.374 e. The minimum atomic E-state index is -4.90. The second-order valence-electron chi connectivity index (χ2n) is 7.29. The molecule has 0 aliphatic heterocycles. The summed E-state index contributed by atoms with van der Waals surface area (Å²) in [4.78, 5) is 12.6. The average Bonchev–Trinajstić information content (AvgIpc) is 3.20. The van der Waals surface area contributed by atoms with Crippen LogP contribution in [0.1, 0.15) is 28.8 Å². The van der Waals surface area contributed by atoms with Gasteiger partial charge in [-0.2, -0.15) is 23.5 Å². The molecule has 1 amide bonds. The van der Waals surface area contributed by atoms with E-state index in [0.717, 1.165) is 9.36 Å². The van der Waals surface area contributed by atoms with E-state index >= 15 is 0 Å². The predicted octanol–water partition coefficient (Wildman–Crippen LogP) is 4.64. The summed E-state index contributed by atoms with van der Waals surface area (Å²) in [5.41, 5.74) is -1.27. The number of aryl methyl sites for hydroxylation is 1. The molecule has 2 heterocycles. The molecule has 2 aromatic heterocycles. The Bertz CT molecular complexity index is 1280. The first-order valence-corrected chi connectivity index (χ1v) is 10.3. The molecule has 4 rings (SSSR count). The normalized spacial score (nSPS) is 14.6. The van der Waals surface area contributed by atoms with Crippen LogP contribution < -0.4 is 9.50 Å². The molecular formula is C19H13ClF4N6O2S. The number of hydrogen-bond acceptors (Lipinski definition) is 6. The summed E-state index contributed by atoms with van der Waals surface area (Å²) in [6.45, 7) is 0. The zero-order valence-electron chi connectivity index (χ0n) is 16.7. The van der Waals surface area contributed by atoms with Crippen molar-refractivity contribution in [1.29, 1.82) is 5.26 Å². The van der Waals surface area contributed by atoms with Crippen LogP contribution in [0.5, 0.6) is 5.88 Å². The van der Waals surface area contributed by atoms with E-state index in [9.17, 15) is 27.1 Å². The van der Waals surface area contributed by atoms with Crippen LogP contribution in [0.15, 0.2) is 30.6 Å². The lowest BCUT2D eigenvalue weighted by Crippen LogP contribution is -2.35. The molecule has 1 saturated carbocycles. The van der Waals surface area contributed by atoms with Crippen LogP contribution in [0.2, 0.25) is 5.02 Å². The maximum absolute atomic E-state index is 13.6. The Balaban J connectivity index is 1.71. The van der Waals surface area contributed by atoms with Gasteiger partial charge in [0.2, 0.25) is 0 Å². The molecule has 1 aromatic carbocycles. The number of alkyl halides is 3. The highest BCUT2D eigenvalue weighted by Gasteiger charge is 2.45. The first-order valence-electron chi connectivity index (χ1n) is 9.27. The van der Waals surface area contributed by atoms with Gasteiger partial charge < -0.3 is 9.50 Å². The summed E-state index contributed by atoms with van der Waals surface area (Å²) in [7, 11) is 1.23. The number of carbonyl (C=O) groups excluding carboxylic acids is 1. The Hall–Kier alpha value is -3.24. The molecule has 0 unspecified atom stereocenters. The van der Waals surface area contributed by atoms with Crippen molar-refractivity contribution in [3.05, 3.63) is 46.7 Å². The van der Waals surface area contributed by atoms with Crippen molar-refractivity contribution in [2.75, 3.05) is 0 Å². The molecular weight excluding hydrogens is 488 g/mol. The van der Waals surface area contributed by atoms with E-state index in [1.165, 1.54) is 31.6 Å². The van der Waals surface area contributed by atoms with Gasteiger partial charge in [0.05, 0.1) is 22.9 Å². The lowest BCUT2D eigenvalue weighted by atomic mass is 10.1. The van der Waals surface area contributed by atoms with E-state index in [-0.39, 0.29) is 10.6 Å². The van der Waals surface area contributed by atoms with Crippen molar-refractivity contribution < 1.29 is 26.0 Å². The first kappa shape index (κ1) is 22.9. The molecule has 1 aliphatic rings. The lowest BCUT2D eigenvalue weighted by molar-refractivity contribution is -0.138. The van der Waals surface area contributed by atoms with Crippen LogP contribution in [0.25, 0.3) is 16.9 Å². The minimum absolute atomic E-state index is 0.107. The average molecular weight is 501 g/mol. The molecule has 0 bridgehead atoms. The van der Waals surface area contributed by atoms with Gasteiger partial charge in [-0.3, -0.25) is 4.79 Å². The Labute approximate surface area is 193 Å². The van der Waals surface area contributed by atoms with Gasteiger partial charge in [-0.1, -0.05) is 17.7 Å². The fraction of sp³-hybridized carbons (Fsp3) is 0.263. The number of amides is 1. The van der Waals surface area contributed by atoms with E-state index in [1.54, 1.807) is 6.07 Å². The summed E-state index contributed by atoms with van der Waals surface area (Å²) in [5, 5.41) is 19.5. The van der Waals surface area contributed by atoms with Gasteiger partial charge in [-0.15, -0.1) is 8.98 Å². The number of benzene rings is 1. The molecule has 3 aromatic rings. The fourth-order valence-corrected chi connectivity index (χ4v) is 3.61. The van der Waals surface area contributed by atoms with E-state index in [4.69, 9.17) is 11.6 Å². The van der Waals surface area contributed by atoms with Crippen molar-refractivity contribution >= 4 is 29.9 Å². The number of rotatable bonds is 6. The number of nitrogens with zero attached hydrogens (tertiary/aromatic N) is 5. The predicted molar refractivity (Wildman–Crippen MR) is 110 cm³/mol. The molecule has 1 N–H and O–H groups in total. The van der Waals surface area contributed by atoms with Gasteiger partial charge >= 0.3 is 6.18 Å². The largest absolute Gasteiger partial charge is 0.425 e. The third kappa shape index (κ3) is 4.36. The van der Waals surface area contributed by atoms with E-state index in [2.05, 4.69) is 25.8 Å². The topological polar surface area (TPSA) is 97.8 Å². The Morgan fingerprint density at radius 1 is 1.36 bits per heavy atom. The number of nitrogens with one attached hydrogen (secondary N) is 1. The van der Waals surface area contributed by atoms with Gasteiger partial charge in [0.15, 0.2) is 11.4 Å². The summed E-state index contributed by atoms with van der Waals surface area (Å²) in [6.07, 6.45) is -1.23. The summed E-state index contributed by atoms with van der Waals surface area (Å²) >= 11 is 5.39. The van der Waals surface area contributed by atoms with Crippen LogP contribution >= 0.6 is 24.0 Å². The van der Waals surface area contributed by atoms with Crippen molar-refractivity contribution in [2.24, 2.45) is 7.05 Å². The fourth-order valence-electron chi connectivity index (χ4n) is 3.23. The number of carbonyl (C=O) groups is 1. The molecule has 0 spiro atoms. The van der Waals surface area contributed by atoms with Crippen LogP contribution in [0, 0.1) is 11.3 Å². The molecule has 0 atom stereocenters. The highest BCUT2D eigenvalue weighted by atomic mass is 35.5. The molecule has 14 heteroatoms. The molecule has 1 aliphatic carbocycles. The molecule has 0 saturated heterocycles. The Morgan fingerprint density at radius 2 is 2.09 bits per heavy atom. The van der Waals surface area contributed by atoms with E-state index < -0.39 is 47.3 Å². The number of aromatic nitrogens is 4. The monoisotopic (exact) mass is 500 g/mol. The molecule has 33 heavy (non-hydrogen) atoms. The quantitative estimate of drug-likeness (QED) is 0.391. The van der Waals surface area contributed by atoms with Crippen LogP contribution in [0.4, 0.5) is 17.1 Å². The van der Waals surface area contributed by atoms with Gasteiger partial charge in [0.25, 0.3) is 24.2 Å². The highest BCUT2D eigenvalue weighted by Crippen LogP contribution is 2.41. The summed E-state index contributed by atoms with van der Waals surface area (Å²) < 4.78 is 59.5. The maximum atomic E-state index is 13.6. The SMILES string of the molecule is Cn1nc(OSF)c(C(F)(F)F)c1-n1cc(-c2ccc(Cl)c(C(=O)NC3(C#N)CC3)c2)cn1. The van der Waals surface area contributed by atoms with E-state index in [1.807, 2.05) is 0 Å². The van der Waals surface area contributed by atoms with E-state index in [0.29, 0.717) is 24.0 Å². The van der Waals surface area contributed by atoms with Crippen LogP contribution in [0.3, 0.4) is 0 Å². The Kier molecular flexibility index (Phi) is 5.75. The summed E-state index contributed by atoms with van der Waals surface area (Å²) in [6, 6.07) is 6.54. The van der Waals surface area contributed by atoms with Gasteiger partial charge in [0, 0.05) is 18.8 Å².